The largest absolute Gasteiger partial charge is 0.348 e. The summed E-state index contributed by atoms with van der Waals surface area (Å²) in [5.74, 6) is 0. The molecule has 0 saturated heterocycles. The van der Waals surface area contributed by atoms with Gasteiger partial charge < -0.3 is 4.74 Å². The second kappa shape index (κ2) is 6.53. The average Bonchev–Trinajstić information content (AvgIpc) is 3.12. The Morgan fingerprint density at radius 2 is 1.00 bits per heavy atom. The Kier molecular flexibility index (Phi) is 3.88. The van der Waals surface area contributed by atoms with Crippen molar-refractivity contribution in [3.05, 3.63) is 143 Å². The fourth-order valence-electron chi connectivity index (χ4n) is 4.18. The first-order valence-electron chi connectivity index (χ1n) is 9.33. The molecule has 0 amide bonds. The van der Waals surface area contributed by atoms with Crippen LogP contribution in [0.5, 0.6) is 0 Å². The van der Waals surface area contributed by atoms with E-state index in [1.807, 2.05) is 6.07 Å². The number of rotatable bonds is 3. The second-order valence-electron chi connectivity index (χ2n) is 6.91. The highest BCUT2D eigenvalue weighted by molar-refractivity contribution is 5.55. The molecule has 1 heterocycles. The third-order valence-electron chi connectivity index (χ3n) is 5.38. The van der Waals surface area contributed by atoms with Crippen molar-refractivity contribution in [1.82, 2.24) is 0 Å². The van der Waals surface area contributed by atoms with Crippen molar-refractivity contribution in [2.24, 2.45) is 0 Å². The normalized spacial score (nSPS) is 17.4. The Labute approximate surface area is 159 Å². The molecule has 1 aliphatic heterocycles. The van der Waals surface area contributed by atoms with Crippen molar-refractivity contribution in [3.63, 3.8) is 0 Å². The van der Waals surface area contributed by atoms with Crippen molar-refractivity contribution in [3.8, 4) is 0 Å². The van der Waals surface area contributed by atoms with Crippen molar-refractivity contribution >= 4 is 0 Å². The molecule has 1 unspecified atom stereocenters. The molecule has 0 aromatic heterocycles. The minimum atomic E-state index is -0.611. The zero-order valence-electron chi connectivity index (χ0n) is 15.0. The van der Waals surface area contributed by atoms with E-state index >= 15 is 0 Å². The highest BCUT2D eigenvalue weighted by atomic mass is 16.5. The molecule has 0 radical (unpaired) electrons. The van der Waals surface area contributed by atoms with Crippen LogP contribution >= 0.6 is 0 Å². The molecule has 5 rings (SSSR count). The summed E-state index contributed by atoms with van der Waals surface area (Å²) in [6.07, 6.45) is -0.0946. The molecule has 0 bridgehead atoms. The quantitative estimate of drug-likeness (QED) is 0.435. The molecule has 27 heavy (non-hydrogen) atoms. The maximum atomic E-state index is 6.98. The number of benzene rings is 4. The Balaban J connectivity index is 1.80. The van der Waals surface area contributed by atoms with E-state index in [9.17, 15) is 0 Å². The minimum absolute atomic E-state index is 0.0946. The van der Waals surface area contributed by atoms with E-state index in [1.165, 1.54) is 16.7 Å². The number of ether oxygens (including phenoxy) is 1. The molecular weight excluding hydrogens is 328 g/mol. The predicted octanol–water partition coefficient (Wildman–Crippen LogP) is 6.10. The fourth-order valence-corrected chi connectivity index (χ4v) is 4.18. The molecule has 1 nitrogen and oxygen atoms in total. The van der Waals surface area contributed by atoms with Gasteiger partial charge in [0.05, 0.1) is 0 Å². The maximum absolute atomic E-state index is 6.98. The smallest absolute Gasteiger partial charge is 0.145 e. The molecule has 1 heteroatoms. The van der Waals surface area contributed by atoms with Gasteiger partial charge in [0.2, 0.25) is 0 Å². The van der Waals surface area contributed by atoms with E-state index < -0.39 is 5.60 Å². The van der Waals surface area contributed by atoms with Gasteiger partial charge in [-0.1, -0.05) is 115 Å². The van der Waals surface area contributed by atoms with Crippen molar-refractivity contribution in [1.29, 1.82) is 0 Å². The summed E-state index contributed by atoms with van der Waals surface area (Å²) in [7, 11) is 0. The van der Waals surface area contributed by atoms with Crippen LogP contribution in [0.1, 0.15) is 33.9 Å². The molecular formula is C26H20O. The van der Waals surface area contributed by atoms with Crippen LogP contribution in [0.3, 0.4) is 0 Å². The monoisotopic (exact) mass is 348 g/mol. The van der Waals surface area contributed by atoms with Crippen LogP contribution in [0, 0.1) is 0 Å². The lowest BCUT2D eigenvalue weighted by molar-refractivity contribution is -0.00247. The van der Waals surface area contributed by atoms with Crippen LogP contribution < -0.4 is 0 Å². The Hall–Kier alpha value is -3.16. The first-order valence-corrected chi connectivity index (χ1v) is 9.33. The van der Waals surface area contributed by atoms with Crippen LogP contribution in [-0.4, -0.2) is 0 Å². The van der Waals surface area contributed by atoms with E-state index in [0.717, 1.165) is 11.1 Å². The Morgan fingerprint density at radius 3 is 1.59 bits per heavy atom. The summed E-state index contributed by atoms with van der Waals surface area (Å²) in [6, 6.07) is 40.2. The zero-order chi connectivity index (χ0) is 18.1. The van der Waals surface area contributed by atoms with Gasteiger partial charge in [-0.25, -0.2) is 0 Å². The molecule has 4 aromatic rings. The van der Waals surface area contributed by atoms with Crippen LogP contribution in [0.4, 0.5) is 0 Å². The summed E-state index contributed by atoms with van der Waals surface area (Å²) in [6.45, 7) is 0. The molecule has 1 aliphatic rings. The highest BCUT2D eigenvalue weighted by Crippen LogP contribution is 2.53. The SMILES string of the molecule is c1ccc(C2OC(c3ccccc3)(c3ccccc3)c3ccccc32)cc1. The van der Waals surface area contributed by atoms with E-state index in [0.29, 0.717) is 0 Å². The summed E-state index contributed by atoms with van der Waals surface area (Å²) < 4.78 is 6.98. The first kappa shape index (κ1) is 16.0. The highest BCUT2D eigenvalue weighted by Gasteiger charge is 2.47. The average molecular weight is 348 g/mol. The van der Waals surface area contributed by atoms with Gasteiger partial charge in [0.1, 0.15) is 11.7 Å². The molecule has 4 aromatic carbocycles. The predicted molar refractivity (Wildman–Crippen MR) is 109 cm³/mol. The minimum Gasteiger partial charge on any atom is -0.348 e. The molecule has 0 spiro atoms. The van der Waals surface area contributed by atoms with Crippen molar-refractivity contribution in [2.45, 2.75) is 11.7 Å². The van der Waals surface area contributed by atoms with Crippen LogP contribution in [-0.2, 0) is 10.3 Å². The van der Waals surface area contributed by atoms with Crippen LogP contribution in [0.15, 0.2) is 115 Å². The lowest BCUT2D eigenvalue weighted by atomic mass is 9.79. The lowest BCUT2D eigenvalue weighted by Crippen LogP contribution is -2.29. The van der Waals surface area contributed by atoms with Crippen LogP contribution in [0.25, 0.3) is 0 Å². The third kappa shape index (κ3) is 2.51. The van der Waals surface area contributed by atoms with Gasteiger partial charge in [0.15, 0.2) is 0 Å². The summed E-state index contributed by atoms with van der Waals surface area (Å²) in [5.41, 5.74) is 5.33. The first-order chi connectivity index (χ1) is 13.4. The van der Waals surface area contributed by atoms with Gasteiger partial charge in [0, 0.05) is 0 Å². The second-order valence-corrected chi connectivity index (χ2v) is 6.91. The summed E-state index contributed by atoms with van der Waals surface area (Å²) >= 11 is 0. The topological polar surface area (TPSA) is 9.23 Å². The van der Waals surface area contributed by atoms with Gasteiger partial charge in [-0.15, -0.1) is 0 Å². The molecule has 1 atom stereocenters. The van der Waals surface area contributed by atoms with E-state index in [-0.39, 0.29) is 6.10 Å². The molecule has 0 fully saturated rings. The Morgan fingerprint density at radius 1 is 0.519 bits per heavy atom. The zero-order valence-corrected chi connectivity index (χ0v) is 15.0. The van der Waals surface area contributed by atoms with Gasteiger partial charge >= 0.3 is 0 Å². The van der Waals surface area contributed by atoms with Gasteiger partial charge in [-0.2, -0.15) is 0 Å². The lowest BCUT2D eigenvalue weighted by Gasteiger charge is -2.32. The molecule has 0 N–H and O–H groups in total. The van der Waals surface area contributed by atoms with Gasteiger partial charge in [-0.3, -0.25) is 0 Å². The number of hydrogen-bond donors (Lipinski definition) is 0. The summed E-state index contributed by atoms with van der Waals surface area (Å²) in [5, 5.41) is 0. The number of hydrogen-bond acceptors (Lipinski definition) is 1. The standard InChI is InChI=1S/C26H20O/c1-4-12-20(13-5-1)25-23-18-10-11-19-24(23)26(27-25,21-14-6-2-7-15-21)22-16-8-3-9-17-22/h1-19,25H. The van der Waals surface area contributed by atoms with Crippen LogP contribution in [0.2, 0.25) is 0 Å². The van der Waals surface area contributed by atoms with E-state index in [1.54, 1.807) is 0 Å². The molecule has 0 aliphatic carbocycles. The fraction of sp³-hybridized carbons (Fsp3) is 0.0769. The van der Waals surface area contributed by atoms with Gasteiger partial charge in [-0.05, 0) is 27.8 Å². The molecule has 0 saturated carbocycles. The van der Waals surface area contributed by atoms with Crippen molar-refractivity contribution < 1.29 is 4.74 Å². The number of fused-ring (bicyclic) bond motifs is 1. The van der Waals surface area contributed by atoms with E-state index in [4.69, 9.17) is 4.74 Å². The van der Waals surface area contributed by atoms with Crippen molar-refractivity contribution in [2.75, 3.05) is 0 Å². The maximum Gasteiger partial charge on any atom is 0.145 e. The van der Waals surface area contributed by atoms with Gasteiger partial charge in [0.25, 0.3) is 0 Å². The third-order valence-corrected chi connectivity index (χ3v) is 5.38. The Bertz CT molecular complexity index is 1000. The molecule has 130 valence electrons. The van der Waals surface area contributed by atoms with E-state index in [2.05, 4.69) is 109 Å². The summed E-state index contributed by atoms with van der Waals surface area (Å²) in [4.78, 5) is 0.